The van der Waals surface area contributed by atoms with E-state index in [0.29, 0.717) is 15.3 Å². The maximum atomic E-state index is 12.7. The second kappa shape index (κ2) is 5.47. The first kappa shape index (κ1) is 15.7. The van der Waals surface area contributed by atoms with Crippen LogP contribution in [-0.2, 0) is 6.18 Å². The Morgan fingerprint density at radius 2 is 1.91 bits per heavy atom. The van der Waals surface area contributed by atoms with E-state index in [-0.39, 0.29) is 16.2 Å². The summed E-state index contributed by atoms with van der Waals surface area (Å²) in [5, 5.41) is 11.4. The third-order valence-electron chi connectivity index (χ3n) is 3.11. The summed E-state index contributed by atoms with van der Waals surface area (Å²) in [6, 6.07) is 7.11. The number of nitro benzene ring substituents is 1. The number of nitro groups is 1. The van der Waals surface area contributed by atoms with Crippen LogP contribution in [-0.4, -0.2) is 9.91 Å². The summed E-state index contributed by atoms with van der Waals surface area (Å²) in [6.45, 7) is 0. The van der Waals surface area contributed by atoms with Gasteiger partial charge in [0, 0.05) is 17.7 Å². The van der Waals surface area contributed by atoms with E-state index in [9.17, 15) is 23.3 Å². The number of rotatable bonds is 2. The first-order chi connectivity index (χ1) is 10.8. The van der Waals surface area contributed by atoms with Crippen LogP contribution < -0.4 is 0 Å². The number of hydrogen-bond acceptors (Lipinski definition) is 4. The van der Waals surface area contributed by atoms with Crippen LogP contribution in [0.2, 0.25) is 5.02 Å². The van der Waals surface area contributed by atoms with Crippen molar-refractivity contribution in [2.24, 2.45) is 0 Å². The number of nitrogens with zero attached hydrogens (tertiary/aromatic N) is 2. The van der Waals surface area contributed by atoms with E-state index in [0.717, 1.165) is 23.5 Å². The fraction of sp³-hybridized carbons (Fsp3) is 0.0714. The lowest BCUT2D eigenvalue weighted by molar-refractivity contribution is -0.384. The number of thiazole rings is 1. The van der Waals surface area contributed by atoms with Crippen molar-refractivity contribution in [2.45, 2.75) is 6.18 Å². The Morgan fingerprint density at radius 1 is 1.17 bits per heavy atom. The van der Waals surface area contributed by atoms with E-state index < -0.39 is 16.7 Å². The first-order valence-corrected chi connectivity index (χ1v) is 7.37. The zero-order chi connectivity index (χ0) is 16.8. The van der Waals surface area contributed by atoms with Crippen molar-refractivity contribution in [3.05, 3.63) is 57.1 Å². The molecule has 23 heavy (non-hydrogen) atoms. The zero-order valence-corrected chi connectivity index (χ0v) is 12.7. The molecule has 4 nitrogen and oxygen atoms in total. The Labute approximate surface area is 136 Å². The van der Waals surface area contributed by atoms with Crippen molar-refractivity contribution in [1.29, 1.82) is 0 Å². The number of aromatic nitrogens is 1. The second-order valence-electron chi connectivity index (χ2n) is 4.62. The summed E-state index contributed by atoms with van der Waals surface area (Å²) in [5.41, 5.74) is -0.482. The Balaban J connectivity index is 2.14. The number of alkyl halides is 3. The van der Waals surface area contributed by atoms with E-state index in [1.807, 2.05) is 0 Å². The molecular formula is C14H6ClF3N2O2S. The number of non-ortho nitro benzene ring substituents is 1. The zero-order valence-electron chi connectivity index (χ0n) is 11.1. The van der Waals surface area contributed by atoms with Crippen LogP contribution >= 0.6 is 22.9 Å². The van der Waals surface area contributed by atoms with Crippen molar-refractivity contribution in [3.8, 4) is 10.6 Å². The summed E-state index contributed by atoms with van der Waals surface area (Å²) in [7, 11) is 0. The van der Waals surface area contributed by atoms with Gasteiger partial charge in [-0.05, 0) is 24.3 Å². The maximum Gasteiger partial charge on any atom is 0.416 e. The molecule has 0 saturated heterocycles. The predicted octanol–water partition coefficient (Wildman–Crippen LogP) is 5.54. The first-order valence-electron chi connectivity index (χ1n) is 6.18. The normalized spacial score (nSPS) is 11.8. The molecule has 0 amide bonds. The van der Waals surface area contributed by atoms with E-state index in [2.05, 4.69) is 4.98 Å². The number of hydrogen-bond donors (Lipinski definition) is 0. The van der Waals surface area contributed by atoms with Gasteiger partial charge in [-0.25, -0.2) is 4.98 Å². The monoisotopic (exact) mass is 358 g/mol. The van der Waals surface area contributed by atoms with Gasteiger partial charge in [-0.3, -0.25) is 10.1 Å². The molecular weight excluding hydrogens is 353 g/mol. The minimum absolute atomic E-state index is 0.167. The van der Waals surface area contributed by atoms with Gasteiger partial charge in [0.2, 0.25) is 0 Å². The molecule has 0 aliphatic rings. The van der Waals surface area contributed by atoms with Gasteiger partial charge in [0.05, 0.1) is 25.7 Å². The van der Waals surface area contributed by atoms with Crippen molar-refractivity contribution >= 4 is 38.8 Å². The summed E-state index contributed by atoms with van der Waals surface area (Å²) in [5.74, 6) is 0. The smallest absolute Gasteiger partial charge is 0.258 e. The van der Waals surface area contributed by atoms with Gasteiger partial charge in [0.15, 0.2) is 0 Å². The van der Waals surface area contributed by atoms with Crippen LogP contribution in [0.25, 0.3) is 20.8 Å². The van der Waals surface area contributed by atoms with Crippen molar-refractivity contribution < 1.29 is 18.1 Å². The van der Waals surface area contributed by atoms with Crippen molar-refractivity contribution in [3.63, 3.8) is 0 Å². The summed E-state index contributed by atoms with van der Waals surface area (Å²) in [4.78, 5) is 14.4. The van der Waals surface area contributed by atoms with E-state index in [1.54, 1.807) is 0 Å². The van der Waals surface area contributed by atoms with Gasteiger partial charge < -0.3 is 0 Å². The fourth-order valence-electron chi connectivity index (χ4n) is 2.01. The van der Waals surface area contributed by atoms with Crippen LogP contribution in [0.1, 0.15) is 5.56 Å². The quantitative estimate of drug-likeness (QED) is 0.446. The Morgan fingerprint density at radius 3 is 2.57 bits per heavy atom. The molecule has 0 spiro atoms. The number of benzene rings is 2. The second-order valence-corrected chi connectivity index (χ2v) is 6.06. The summed E-state index contributed by atoms with van der Waals surface area (Å²) >= 11 is 7.15. The third kappa shape index (κ3) is 2.99. The fourth-order valence-corrected chi connectivity index (χ4v) is 3.25. The SMILES string of the molecule is O=[N+]([O-])c1ccc(Cl)c(-c2nc3cc(C(F)(F)F)ccc3s2)c1. The molecule has 0 bridgehead atoms. The predicted molar refractivity (Wildman–Crippen MR) is 81.7 cm³/mol. The molecule has 0 radical (unpaired) electrons. The Bertz CT molecular complexity index is 924. The molecule has 0 unspecified atom stereocenters. The topological polar surface area (TPSA) is 56.0 Å². The lowest BCUT2D eigenvalue weighted by Crippen LogP contribution is -2.03. The van der Waals surface area contributed by atoms with Gasteiger partial charge in [0.1, 0.15) is 5.01 Å². The van der Waals surface area contributed by atoms with Gasteiger partial charge in [0.25, 0.3) is 5.69 Å². The van der Waals surface area contributed by atoms with Gasteiger partial charge in [-0.2, -0.15) is 13.2 Å². The summed E-state index contributed by atoms with van der Waals surface area (Å²) < 4.78 is 38.7. The molecule has 0 fully saturated rings. The molecule has 1 aromatic heterocycles. The Hall–Kier alpha value is -2.19. The molecule has 0 N–H and O–H groups in total. The molecule has 3 aromatic rings. The van der Waals surface area contributed by atoms with E-state index in [4.69, 9.17) is 11.6 Å². The minimum Gasteiger partial charge on any atom is -0.258 e. The highest BCUT2D eigenvalue weighted by atomic mass is 35.5. The van der Waals surface area contributed by atoms with Gasteiger partial charge in [-0.15, -0.1) is 11.3 Å². The highest BCUT2D eigenvalue weighted by molar-refractivity contribution is 7.21. The lowest BCUT2D eigenvalue weighted by atomic mass is 10.2. The van der Waals surface area contributed by atoms with E-state index >= 15 is 0 Å². The molecule has 2 aromatic carbocycles. The molecule has 1 heterocycles. The Kier molecular flexibility index (Phi) is 3.73. The molecule has 0 aliphatic carbocycles. The van der Waals surface area contributed by atoms with Gasteiger partial charge in [-0.1, -0.05) is 11.6 Å². The van der Waals surface area contributed by atoms with Crippen LogP contribution in [0.15, 0.2) is 36.4 Å². The average Bonchev–Trinajstić information content (AvgIpc) is 2.89. The largest absolute Gasteiger partial charge is 0.416 e. The van der Waals surface area contributed by atoms with Crippen LogP contribution in [0.5, 0.6) is 0 Å². The van der Waals surface area contributed by atoms with Crippen LogP contribution in [0.4, 0.5) is 18.9 Å². The molecule has 118 valence electrons. The van der Waals surface area contributed by atoms with Gasteiger partial charge >= 0.3 is 6.18 Å². The molecule has 0 atom stereocenters. The van der Waals surface area contributed by atoms with Crippen molar-refractivity contribution in [2.75, 3.05) is 0 Å². The van der Waals surface area contributed by atoms with Crippen molar-refractivity contribution in [1.82, 2.24) is 4.98 Å². The molecule has 9 heteroatoms. The molecule has 0 aliphatic heterocycles. The minimum atomic E-state index is -4.46. The average molecular weight is 359 g/mol. The standard InChI is InChI=1S/C14H6ClF3N2O2S/c15-10-3-2-8(20(21)22)6-9(10)13-19-11-5-7(14(16,17)18)1-4-12(11)23-13/h1-6H. The summed E-state index contributed by atoms with van der Waals surface area (Å²) in [6.07, 6.45) is -4.46. The molecule has 3 rings (SSSR count). The third-order valence-corrected chi connectivity index (χ3v) is 4.51. The van der Waals surface area contributed by atoms with E-state index in [1.165, 1.54) is 24.3 Å². The number of fused-ring (bicyclic) bond motifs is 1. The lowest BCUT2D eigenvalue weighted by Gasteiger charge is -2.04. The highest BCUT2D eigenvalue weighted by Crippen LogP contribution is 2.38. The maximum absolute atomic E-state index is 12.7. The number of halogens is 4. The highest BCUT2D eigenvalue weighted by Gasteiger charge is 2.30. The van der Waals surface area contributed by atoms with Crippen LogP contribution in [0.3, 0.4) is 0 Å². The molecule has 0 saturated carbocycles. The van der Waals surface area contributed by atoms with Crippen LogP contribution in [0, 0.1) is 10.1 Å².